The molecule has 0 radical (unpaired) electrons. The van der Waals surface area contributed by atoms with Crippen LogP contribution in [0, 0.1) is 0 Å². The van der Waals surface area contributed by atoms with Crippen LogP contribution < -0.4 is 11.1 Å². The number of likely N-dealkylation sites (tertiary alicyclic amines) is 1. The van der Waals surface area contributed by atoms with Crippen LogP contribution in [0.15, 0.2) is 18.2 Å². The molecule has 25 heavy (non-hydrogen) atoms. The molecule has 138 valence electrons. The summed E-state index contributed by atoms with van der Waals surface area (Å²) in [6, 6.07) is 6.03. The van der Waals surface area contributed by atoms with Crippen molar-refractivity contribution < 1.29 is 4.79 Å². The molecule has 4 nitrogen and oxygen atoms in total. The van der Waals surface area contributed by atoms with Crippen LogP contribution in [0.25, 0.3) is 0 Å². The molecule has 3 rings (SSSR count). The number of nitrogens with zero attached hydrogens (tertiary/aromatic N) is 1. The van der Waals surface area contributed by atoms with Crippen molar-refractivity contribution in [2.24, 2.45) is 5.73 Å². The Hall–Kier alpha value is -0.810. The SMILES string of the molecule is NC1(C(=O)NC2CCN(Cc3ccc(Cl)c(Cl)c3)CC2)CCCCC1. The molecule has 1 aliphatic heterocycles. The van der Waals surface area contributed by atoms with Gasteiger partial charge in [0.25, 0.3) is 0 Å². The lowest BCUT2D eigenvalue weighted by atomic mass is 9.81. The van der Waals surface area contributed by atoms with E-state index in [1.807, 2.05) is 18.2 Å². The molecule has 3 N–H and O–H groups in total. The third-order valence-corrected chi connectivity index (χ3v) is 6.25. The van der Waals surface area contributed by atoms with Crippen LogP contribution in [0.4, 0.5) is 0 Å². The number of piperidine rings is 1. The monoisotopic (exact) mass is 383 g/mol. The molecule has 1 saturated carbocycles. The van der Waals surface area contributed by atoms with E-state index < -0.39 is 5.54 Å². The molecule has 0 atom stereocenters. The molecule has 0 unspecified atom stereocenters. The number of halogens is 2. The number of benzene rings is 1. The summed E-state index contributed by atoms with van der Waals surface area (Å²) in [5.74, 6) is 0.0510. The highest BCUT2D eigenvalue weighted by molar-refractivity contribution is 6.42. The maximum atomic E-state index is 12.6. The number of carbonyl (C=O) groups excluding carboxylic acids is 1. The summed E-state index contributed by atoms with van der Waals surface area (Å²) >= 11 is 12.1. The average Bonchev–Trinajstić information content (AvgIpc) is 2.60. The van der Waals surface area contributed by atoms with Crippen LogP contribution in [0.1, 0.15) is 50.5 Å². The molecule has 0 bridgehead atoms. The molecular weight excluding hydrogens is 357 g/mol. The van der Waals surface area contributed by atoms with Crippen molar-refractivity contribution >= 4 is 29.1 Å². The van der Waals surface area contributed by atoms with E-state index >= 15 is 0 Å². The standard InChI is InChI=1S/C19H27Cl2N3O/c20-16-5-4-14(12-17(16)21)13-24-10-6-15(7-11-24)23-18(25)19(22)8-2-1-3-9-19/h4-5,12,15H,1-3,6-11,13,22H2,(H,23,25). The molecule has 1 aliphatic carbocycles. The van der Waals surface area contributed by atoms with E-state index in [4.69, 9.17) is 28.9 Å². The van der Waals surface area contributed by atoms with Crippen LogP contribution in [0.5, 0.6) is 0 Å². The summed E-state index contributed by atoms with van der Waals surface area (Å²) in [7, 11) is 0. The van der Waals surface area contributed by atoms with E-state index in [0.29, 0.717) is 10.0 Å². The van der Waals surface area contributed by atoms with Gasteiger partial charge in [-0.1, -0.05) is 48.5 Å². The highest BCUT2D eigenvalue weighted by Crippen LogP contribution is 2.27. The fourth-order valence-corrected chi connectivity index (χ4v) is 4.19. The number of rotatable bonds is 4. The summed E-state index contributed by atoms with van der Waals surface area (Å²) < 4.78 is 0. The Morgan fingerprint density at radius 2 is 1.84 bits per heavy atom. The summed E-state index contributed by atoms with van der Waals surface area (Å²) in [5.41, 5.74) is 6.85. The number of carbonyl (C=O) groups is 1. The second-order valence-electron chi connectivity index (χ2n) is 7.49. The van der Waals surface area contributed by atoms with Gasteiger partial charge in [0, 0.05) is 25.7 Å². The molecule has 0 aromatic heterocycles. The molecule has 2 aliphatic rings. The Morgan fingerprint density at radius 1 is 1.16 bits per heavy atom. The Bertz CT molecular complexity index is 609. The van der Waals surface area contributed by atoms with Gasteiger partial charge in [-0.25, -0.2) is 0 Å². The van der Waals surface area contributed by atoms with E-state index in [-0.39, 0.29) is 11.9 Å². The largest absolute Gasteiger partial charge is 0.352 e. The van der Waals surface area contributed by atoms with E-state index in [1.165, 1.54) is 12.0 Å². The lowest BCUT2D eigenvalue weighted by Gasteiger charge is -2.36. The smallest absolute Gasteiger partial charge is 0.240 e. The lowest BCUT2D eigenvalue weighted by Crippen LogP contribution is -2.58. The quantitative estimate of drug-likeness (QED) is 0.832. The van der Waals surface area contributed by atoms with Crippen molar-refractivity contribution in [1.29, 1.82) is 0 Å². The van der Waals surface area contributed by atoms with Crippen molar-refractivity contribution in [3.05, 3.63) is 33.8 Å². The third-order valence-electron chi connectivity index (χ3n) is 5.51. The summed E-state index contributed by atoms with van der Waals surface area (Å²) in [6.07, 6.45) is 6.87. The van der Waals surface area contributed by atoms with Gasteiger partial charge in [-0.2, -0.15) is 0 Å². The van der Waals surface area contributed by atoms with Crippen molar-refractivity contribution in [2.75, 3.05) is 13.1 Å². The van der Waals surface area contributed by atoms with Crippen LogP contribution in [0.2, 0.25) is 10.0 Å². The molecule has 1 aromatic carbocycles. The summed E-state index contributed by atoms with van der Waals surface area (Å²) in [4.78, 5) is 14.9. The van der Waals surface area contributed by atoms with Crippen molar-refractivity contribution in [2.45, 2.75) is 63.1 Å². The normalized spacial score (nSPS) is 21.9. The van der Waals surface area contributed by atoms with Gasteiger partial charge in [-0.3, -0.25) is 9.69 Å². The van der Waals surface area contributed by atoms with Gasteiger partial charge in [0.2, 0.25) is 5.91 Å². The minimum Gasteiger partial charge on any atom is -0.352 e. The van der Waals surface area contributed by atoms with E-state index in [0.717, 1.165) is 58.2 Å². The van der Waals surface area contributed by atoms with Gasteiger partial charge in [0.05, 0.1) is 15.6 Å². The third kappa shape index (κ3) is 4.88. The Kier molecular flexibility index (Phi) is 6.26. The molecule has 2 fully saturated rings. The lowest BCUT2D eigenvalue weighted by molar-refractivity contribution is -0.128. The second kappa shape index (κ2) is 8.26. The zero-order chi connectivity index (χ0) is 17.9. The first-order chi connectivity index (χ1) is 12.0. The Morgan fingerprint density at radius 3 is 2.48 bits per heavy atom. The molecule has 1 aromatic rings. The molecular formula is C19H27Cl2N3O. The van der Waals surface area contributed by atoms with Gasteiger partial charge >= 0.3 is 0 Å². The fourth-order valence-electron chi connectivity index (χ4n) is 3.87. The van der Waals surface area contributed by atoms with Gasteiger partial charge < -0.3 is 11.1 Å². The van der Waals surface area contributed by atoms with Crippen LogP contribution in [-0.4, -0.2) is 35.5 Å². The number of nitrogens with two attached hydrogens (primary N) is 1. The number of hydrogen-bond acceptors (Lipinski definition) is 3. The predicted molar refractivity (Wildman–Crippen MR) is 103 cm³/mol. The first-order valence-corrected chi connectivity index (χ1v) is 9.98. The highest BCUT2D eigenvalue weighted by atomic mass is 35.5. The first kappa shape index (κ1) is 19.0. The van der Waals surface area contributed by atoms with Crippen LogP contribution >= 0.6 is 23.2 Å². The zero-order valence-electron chi connectivity index (χ0n) is 14.6. The minimum absolute atomic E-state index is 0.0510. The topological polar surface area (TPSA) is 58.4 Å². The minimum atomic E-state index is -0.643. The van der Waals surface area contributed by atoms with Crippen molar-refractivity contribution in [3.63, 3.8) is 0 Å². The zero-order valence-corrected chi connectivity index (χ0v) is 16.1. The second-order valence-corrected chi connectivity index (χ2v) is 8.30. The molecule has 6 heteroatoms. The van der Waals surface area contributed by atoms with Gasteiger partial charge in [0.1, 0.15) is 0 Å². The first-order valence-electron chi connectivity index (χ1n) is 9.22. The van der Waals surface area contributed by atoms with E-state index in [9.17, 15) is 4.79 Å². The molecule has 1 amide bonds. The summed E-state index contributed by atoms with van der Waals surface area (Å²) in [6.45, 7) is 2.78. The maximum absolute atomic E-state index is 12.6. The summed E-state index contributed by atoms with van der Waals surface area (Å²) in [5, 5.41) is 4.39. The highest BCUT2D eigenvalue weighted by Gasteiger charge is 2.36. The predicted octanol–water partition coefficient (Wildman–Crippen LogP) is 3.74. The number of nitrogens with one attached hydrogen (secondary N) is 1. The van der Waals surface area contributed by atoms with Crippen LogP contribution in [0.3, 0.4) is 0 Å². The van der Waals surface area contributed by atoms with Crippen LogP contribution in [-0.2, 0) is 11.3 Å². The Balaban J connectivity index is 1.46. The maximum Gasteiger partial charge on any atom is 0.240 e. The van der Waals surface area contributed by atoms with E-state index in [2.05, 4.69) is 10.2 Å². The fraction of sp³-hybridized carbons (Fsp3) is 0.632. The number of amides is 1. The van der Waals surface area contributed by atoms with Gasteiger partial charge in [-0.05, 0) is 43.4 Å². The Labute approximate surface area is 160 Å². The van der Waals surface area contributed by atoms with Crippen molar-refractivity contribution in [3.8, 4) is 0 Å². The van der Waals surface area contributed by atoms with E-state index in [1.54, 1.807) is 0 Å². The molecule has 1 saturated heterocycles. The molecule has 0 spiro atoms. The average molecular weight is 384 g/mol. The number of hydrogen-bond donors (Lipinski definition) is 2. The van der Waals surface area contributed by atoms with Gasteiger partial charge in [0.15, 0.2) is 0 Å². The molecule has 1 heterocycles. The van der Waals surface area contributed by atoms with Gasteiger partial charge in [-0.15, -0.1) is 0 Å². The van der Waals surface area contributed by atoms with Crippen molar-refractivity contribution in [1.82, 2.24) is 10.2 Å².